The molecule has 0 bridgehead atoms. The lowest BCUT2D eigenvalue weighted by atomic mass is 10.2. The largest absolute Gasteiger partial charge is 0.375 e. The van der Waals surface area contributed by atoms with E-state index in [2.05, 4.69) is 40.3 Å². The molecule has 0 aromatic carbocycles. The van der Waals surface area contributed by atoms with Crippen LogP contribution in [0.2, 0.25) is 0 Å². The monoisotopic (exact) mass is 419 g/mol. The number of nitrogens with one attached hydrogen (secondary N) is 1. The maximum atomic E-state index is 5.35. The molecule has 9 heteroatoms. The Morgan fingerprint density at radius 3 is 3.03 bits per heavy atom. The van der Waals surface area contributed by atoms with Crippen molar-refractivity contribution in [1.29, 1.82) is 0 Å². The van der Waals surface area contributed by atoms with Crippen LogP contribution >= 0.6 is 11.3 Å². The zero-order chi connectivity index (χ0) is 20.6. The lowest BCUT2D eigenvalue weighted by molar-refractivity contribution is 0.119. The van der Waals surface area contributed by atoms with Crippen molar-refractivity contribution in [2.45, 2.75) is 64.6 Å². The van der Waals surface area contributed by atoms with Crippen LogP contribution in [0.5, 0.6) is 0 Å². The zero-order valence-electron chi connectivity index (χ0n) is 18.0. The van der Waals surface area contributed by atoms with Crippen LogP contribution < -0.4 is 5.32 Å². The number of aliphatic imine (C=N–C) groups is 1. The molecule has 1 atom stereocenters. The van der Waals surface area contributed by atoms with E-state index in [9.17, 15) is 0 Å². The van der Waals surface area contributed by atoms with Crippen LogP contribution in [0.25, 0.3) is 0 Å². The highest BCUT2D eigenvalue weighted by Gasteiger charge is 2.15. The van der Waals surface area contributed by atoms with E-state index in [0.29, 0.717) is 6.54 Å². The number of nitrogens with zero attached hydrogens (tertiary/aromatic N) is 6. The van der Waals surface area contributed by atoms with Crippen molar-refractivity contribution in [2.24, 2.45) is 4.99 Å². The van der Waals surface area contributed by atoms with Crippen molar-refractivity contribution < 1.29 is 4.74 Å². The molecule has 3 rings (SSSR count). The maximum Gasteiger partial charge on any atom is 0.193 e. The van der Waals surface area contributed by atoms with Crippen molar-refractivity contribution >= 4 is 17.3 Å². The molecule has 8 nitrogen and oxygen atoms in total. The smallest absolute Gasteiger partial charge is 0.193 e. The van der Waals surface area contributed by atoms with E-state index in [4.69, 9.17) is 4.74 Å². The Hall–Kier alpha value is -2.00. The van der Waals surface area contributed by atoms with Crippen LogP contribution in [0.3, 0.4) is 0 Å². The fourth-order valence-corrected chi connectivity index (χ4v) is 4.40. The van der Waals surface area contributed by atoms with Crippen LogP contribution in [-0.4, -0.2) is 58.4 Å². The van der Waals surface area contributed by atoms with Gasteiger partial charge < -0.3 is 19.5 Å². The highest BCUT2D eigenvalue weighted by atomic mass is 32.1. The van der Waals surface area contributed by atoms with E-state index in [1.54, 1.807) is 18.4 Å². The highest BCUT2D eigenvalue weighted by molar-refractivity contribution is 7.09. The fraction of sp³-hybridized carbons (Fsp3) is 0.700. The van der Waals surface area contributed by atoms with Gasteiger partial charge in [-0.15, -0.1) is 21.5 Å². The van der Waals surface area contributed by atoms with Gasteiger partial charge in [-0.05, 0) is 26.2 Å². The Kier molecular flexibility index (Phi) is 8.00. The van der Waals surface area contributed by atoms with Crippen molar-refractivity contribution in [2.75, 3.05) is 27.7 Å². The van der Waals surface area contributed by atoms with E-state index in [0.717, 1.165) is 60.7 Å². The molecule has 0 spiro atoms. The van der Waals surface area contributed by atoms with Crippen LogP contribution in [0, 0.1) is 0 Å². The van der Waals surface area contributed by atoms with Crippen molar-refractivity contribution in [3.63, 3.8) is 0 Å². The molecule has 3 heterocycles. The minimum absolute atomic E-state index is 0.0312. The molecular weight excluding hydrogens is 386 g/mol. The first kappa shape index (κ1) is 21.7. The topological polar surface area (TPSA) is 80.5 Å². The second-order valence-corrected chi connectivity index (χ2v) is 8.37. The molecule has 2 aromatic rings. The van der Waals surface area contributed by atoms with E-state index < -0.39 is 0 Å². The number of aryl methyl sites for hydroxylation is 2. The molecule has 0 aliphatic carbocycles. The number of aromatic nitrogens is 4. The summed E-state index contributed by atoms with van der Waals surface area (Å²) >= 11 is 1.64. The Morgan fingerprint density at radius 2 is 2.24 bits per heavy atom. The summed E-state index contributed by atoms with van der Waals surface area (Å²) in [6.07, 6.45) is 6.77. The molecule has 0 radical (unpaired) electrons. The number of ether oxygens (including phenoxy) is 1. The standard InChI is InChI=1S/C20H33N7OS/c1-15(28-4)19-23-16(14-29-19)13-26(3)20(21-2)22-11-8-10-18-25-24-17-9-6-5-7-12-27(17)18/h14-15H,5-13H2,1-4H3,(H,21,22). The van der Waals surface area contributed by atoms with E-state index >= 15 is 0 Å². The summed E-state index contributed by atoms with van der Waals surface area (Å²) in [5, 5.41) is 15.4. The quantitative estimate of drug-likeness (QED) is 0.403. The van der Waals surface area contributed by atoms with Crippen molar-refractivity contribution in [3.05, 3.63) is 27.7 Å². The summed E-state index contributed by atoms with van der Waals surface area (Å²) in [6.45, 7) is 4.64. The van der Waals surface area contributed by atoms with Crippen LogP contribution in [-0.2, 0) is 30.7 Å². The van der Waals surface area contributed by atoms with Gasteiger partial charge in [0.15, 0.2) is 5.96 Å². The number of hydrogen-bond acceptors (Lipinski definition) is 6. The van der Waals surface area contributed by atoms with Gasteiger partial charge in [0.1, 0.15) is 22.8 Å². The molecule has 1 unspecified atom stereocenters. The molecule has 0 fully saturated rings. The molecule has 1 N–H and O–H groups in total. The van der Waals surface area contributed by atoms with Gasteiger partial charge in [-0.25, -0.2) is 4.98 Å². The van der Waals surface area contributed by atoms with Gasteiger partial charge in [-0.2, -0.15) is 0 Å². The third kappa shape index (κ3) is 5.76. The average molecular weight is 420 g/mol. The molecule has 0 saturated heterocycles. The lowest BCUT2D eigenvalue weighted by Gasteiger charge is -2.21. The van der Waals surface area contributed by atoms with E-state index in [1.807, 2.05) is 21.0 Å². The molecule has 2 aromatic heterocycles. The minimum Gasteiger partial charge on any atom is -0.375 e. The third-order valence-corrected chi connectivity index (χ3v) is 6.34. The SMILES string of the molecule is CN=C(NCCCc1nnc2n1CCCCC2)N(C)Cc1csc(C(C)OC)n1. The molecule has 0 saturated carbocycles. The Morgan fingerprint density at radius 1 is 1.38 bits per heavy atom. The predicted octanol–water partition coefficient (Wildman–Crippen LogP) is 2.81. The minimum atomic E-state index is 0.0312. The van der Waals surface area contributed by atoms with Gasteiger partial charge in [0.2, 0.25) is 0 Å². The second-order valence-electron chi connectivity index (χ2n) is 7.48. The van der Waals surface area contributed by atoms with Crippen molar-refractivity contribution in [1.82, 2.24) is 30.0 Å². The molecule has 1 aliphatic rings. The first-order chi connectivity index (χ1) is 14.1. The zero-order valence-corrected chi connectivity index (χ0v) is 18.8. The Balaban J connectivity index is 1.45. The number of guanidine groups is 1. The Bertz CT molecular complexity index is 801. The summed E-state index contributed by atoms with van der Waals surface area (Å²) in [6, 6.07) is 0. The number of thiazole rings is 1. The third-order valence-electron chi connectivity index (χ3n) is 5.29. The maximum absolute atomic E-state index is 5.35. The first-order valence-corrected chi connectivity index (χ1v) is 11.3. The van der Waals surface area contributed by atoms with Gasteiger partial charge in [0.05, 0.1) is 12.2 Å². The van der Waals surface area contributed by atoms with Gasteiger partial charge in [0.25, 0.3) is 0 Å². The number of methoxy groups -OCH3 is 1. The normalized spacial score (nSPS) is 15.7. The number of hydrogen-bond donors (Lipinski definition) is 1. The summed E-state index contributed by atoms with van der Waals surface area (Å²) in [7, 11) is 5.56. The fourth-order valence-electron chi connectivity index (χ4n) is 3.56. The van der Waals surface area contributed by atoms with Gasteiger partial charge in [-0.1, -0.05) is 6.42 Å². The molecule has 29 heavy (non-hydrogen) atoms. The first-order valence-electron chi connectivity index (χ1n) is 10.4. The summed E-state index contributed by atoms with van der Waals surface area (Å²) in [5.74, 6) is 3.15. The molecular formula is C20H33N7OS. The van der Waals surface area contributed by atoms with Crippen LogP contribution in [0.4, 0.5) is 0 Å². The van der Waals surface area contributed by atoms with Gasteiger partial charge in [-0.3, -0.25) is 4.99 Å². The Labute approximate surface area is 177 Å². The van der Waals surface area contributed by atoms with E-state index in [-0.39, 0.29) is 6.10 Å². The average Bonchev–Trinajstić information content (AvgIpc) is 3.27. The molecule has 1 aliphatic heterocycles. The van der Waals surface area contributed by atoms with Gasteiger partial charge in [0, 0.05) is 52.5 Å². The molecule has 0 amide bonds. The molecule has 160 valence electrons. The summed E-state index contributed by atoms with van der Waals surface area (Å²) in [4.78, 5) is 11.2. The highest BCUT2D eigenvalue weighted by Crippen LogP contribution is 2.21. The number of fused-ring (bicyclic) bond motifs is 1. The van der Waals surface area contributed by atoms with Gasteiger partial charge >= 0.3 is 0 Å². The number of rotatable bonds is 8. The summed E-state index contributed by atoms with van der Waals surface area (Å²) < 4.78 is 7.68. The van der Waals surface area contributed by atoms with Crippen molar-refractivity contribution in [3.8, 4) is 0 Å². The second kappa shape index (κ2) is 10.7. The van der Waals surface area contributed by atoms with Crippen LogP contribution in [0.15, 0.2) is 10.4 Å². The van der Waals surface area contributed by atoms with E-state index in [1.165, 1.54) is 19.3 Å². The predicted molar refractivity (Wildman–Crippen MR) is 116 cm³/mol. The lowest BCUT2D eigenvalue weighted by Crippen LogP contribution is -2.39. The van der Waals surface area contributed by atoms with Crippen LogP contribution in [0.1, 0.15) is 61.1 Å². The summed E-state index contributed by atoms with van der Waals surface area (Å²) in [5.41, 5.74) is 1.03.